The molecule has 0 bridgehead atoms. The van der Waals surface area contributed by atoms with E-state index >= 15 is 0 Å². The first-order valence-electron chi connectivity index (χ1n) is 6.47. The van der Waals surface area contributed by atoms with E-state index in [1.165, 1.54) is 18.4 Å². The molecular weight excluding hydrogens is 210 g/mol. The number of aliphatic hydroxyl groups excluding tert-OH is 1. The number of allylic oxidation sites excluding steroid dienone is 1. The van der Waals surface area contributed by atoms with Gasteiger partial charge in [-0.05, 0) is 19.3 Å². The van der Waals surface area contributed by atoms with Crippen molar-refractivity contribution in [3.63, 3.8) is 0 Å². The zero-order valence-electron chi connectivity index (χ0n) is 10.6. The van der Waals surface area contributed by atoms with Crippen LogP contribution in [0.4, 0.5) is 0 Å². The molecule has 0 aromatic heterocycles. The van der Waals surface area contributed by atoms with E-state index < -0.39 is 0 Å². The van der Waals surface area contributed by atoms with E-state index in [0.29, 0.717) is 5.76 Å². The maximum absolute atomic E-state index is 9.87. The van der Waals surface area contributed by atoms with Crippen molar-refractivity contribution in [2.24, 2.45) is 0 Å². The van der Waals surface area contributed by atoms with Crippen LogP contribution in [-0.4, -0.2) is 23.2 Å². The van der Waals surface area contributed by atoms with Crippen LogP contribution in [-0.2, 0) is 6.54 Å². The molecule has 1 aliphatic rings. The van der Waals surface area contributed by atoms with Crippen LogP contribution in [0.5, 0.6) is 0 Å². The number of quaternary nitrogens is 1. The molecule has 1 aromatic carbocycles. The summed E-state index contributed by atoms with van der Waals surface area (Å²) in [6.07, 6.45) is 6.45. The Bertz CT molecular complexity index is 385. The first kappa shape index (κ1) is 12.2. The third kappa shape index (κ3) is 3.60. The second kappa shape index (κ2) is 5.37. The Morgan fingerprint density at radius 2 is 1.88 bits per heavy atom. The second-order valence-corrected chi connectivity index (χ2v) is 5.28. The number of hydrogen-bond acceptors (Lipinski definition) is 1. The van der Waals surface area contributed by atoms with Crippen LogP contribution in [0.25, 0.3) is 0 Å². The van der Waals surface area contributed by atoms with E-state index in [4.69, 9.17) is 0 Å². The molecule has 2 heteroatoms. The van der Waals surface area contributed by atoms with Gasteiger partial charge in [-0.15, -0.1) is 0 Å². The predicted molar refractivity (Wildman–Crippen MR) is 70.4 cm³/mol. The smallest absolute Gasteiger partial charge is 0.145 e. The van der Waals surface area contributed by atoms with Gasteiger partial charge < -0.3 is 5.11 Å². The molecule has 1 atom stereocenters. The fourth-order valence-corrected chi connectivity index (χ4v) is 2.57. The summed E-state index contributed by atoms with van der Waals surface area (Å²) >= 11 is 0. The highest BCUT2D eigenvalue weighted by molar-refractivity contribution is 5.13. The molecule has 1 unspecified atom stereocenters. The van der Waals surface area contributed by atoms with Crippen LogP contribution < -0.4 is 0 Å². The van der Waals surface area contributed by atoms with Crippen molar-refractivity contribution in [2.75, 3.05) is 13.6 Å². The first-order valence-corrected chi connectivity index (χ1v) is 6.47. The van der Waals surface area contributed by atoms with E-state index in [-0.39, 0.29) is 0 Å². The largest absolute Gasteiger partial charge is 0.507 e. The number of rotatable bonds is 2. The minimum Gasteiger partial charge on any atom is -0.507 e. The van der Waals surface area contributed by atoms with Gasteiger partial charge in [0.1, 0.15) is 18.5 Å². The minimum atomic E-state index is 0.558. The predicted octanol–water partition coefficient (Wildman–Crippen LogP) is 3.61. The number of nitrogens with zero attached hydrogens (tertiary/aromatic N) is 1. The van der Waals surface area contributed by atoms with Gasteiger partial charge in [-0.3, -0.25) is 4.48 Å². The van der Waals surface area contributed by atoms with Crippen molar-refractivity contribution in [3.8, 4) is 0 Å². The van der Waals surface area contributed by atoms with Crippen LogP contribution in [0.15, 0.2) is 42.3 Å². The number of hydrogen-bond donors (Lipinski definition) is 1. The third-order valence-corrected chi connectivity index (χ3v) is 3.45. The van der Waals surface area contributed by atoms with Crippen molar-refractivity contribution < 1.29 is 9.59 Å². The first-order chi connectivity index (χ1) is 8.18. The van der Waals surface area contributed by atoms with Crippen molar-refractivity contribution in [2.45, 2.75) is 32.2 Å². The molecule has 17 heavy (non-hydrogen) atoms. The summed E-state index contributed by atoms with van der Waals surface area (Å²) in [6, 6.07) is 10.5. The summed E-state index contributed by atoms with van der Waals surface area (Å²) in [5, 5.41) is 9.87. The molecule has 0 saturated heterocycles. The van der Waals surface area contributed by atoms with Gasteiger partial charge in [0, 0.05) is 12.0 Å². The summed E-state index contributed by atoms with van der Waals surface area (Å²) in [5.74, 6) is 0.558. The fourth-order valence-electron chi connectivity index (χ4n) is 2.57. The van der Waals surface area contributed by atoms with E-state index in [1.54, 1.807) is 0 Å². The maximum Gasteiger partial charge on any atom is 0.145 e. The zero-order valence-corrected chi connectivity index (χ0v) is 10.6. The average molecular weight is 232 g/mol. The van der Waals surface area contributed by atoms with E-state index in [1.807, 2.05) is 12.3 Å². The van der Waals surface area contributed by atoms with Crippen molar-refractivity contribution >= 4 is 0 Å². The fraction of sp³-hybridized carbons (Fsp3) is 0.467. The van der Waals surface area contributed by atoms with Gasteiger partial charge in [-0.1, -0.05) is 30.3 Å². The van der Waals surface area contributed by atoms with Crippen LogP contribution in [0.1, 0.15) is 31.2 Å². The van der Waals surface area contributed by atoms with Gasteiger partial charge in [-0.25, -0.2) is 0 Å². The molecule has 92 valence electrons. The Morgan fingerprint density at radius 1 is 1.12 bits per heavy atom. The zero-order chi connectivity index (χ0) is 12.1. The molecule has 2 nitrogen and oxygen atoms in total. The van der Waals surface area contributed by atoms with E-state index in [0.717, 1.165) is 30.4 Å². The molecule has 0 spiro atoms. The lowest BCUT2D eigenvalue weighted by Crippen LogP contribution is -2.39. The molecule has 0 amide bonds. The van der Waals surface area contributed by atoms with Gasteiger partial charge in [0.05, 0.1) is 13.6 Å². The molecule has 1 aliphatic heterocycles. The lowest BCUT2D eigenvalue weighted by molar-refractivity contribution is -0.874. The maximum atomic E-state index is 9.87. The van der Waals surface area contributed by atoms with Crippen LogP contribution in [0.3, 0.4) is 0 Å². The van der Waals surface area contributed by atoms with Crippen LogP contribution >= 0.6 is 0 Å². The molecule has 0 fully saturated rings. The van der Waals surface area contributed by atoms with Crippen LogP contribution in [0.2, 0.25) is 0 Å². The van der Waals surface area contributed by atoms with Gasteiger partial charge in [0.15, 0.2) is 0 Å². The molecule has 0 aliphatic carbocycles. The summed E-state index contributed by atoms with van der Waals surface area (Å²) in [6.45, 7) is 2.07. The Kier molecular flexibility index (Phi) is 3.85. The molecule has 1 aromatic rings. The molecular formula is C15H22NO+. The highest BCUT2D eigenvalue weighted by Gasteiger charge is 2.22. The average Bonchev–Trinajstić information content (AvgIpc) is 2.27. The lowest BCUT2D eigenvalue weighted by Gasteiger charge is -2.32. The SMILES string of the molecule is C[N+]1(Cc2ccccc2)/C=C(/O)CCCCC1. The highest BCUT2D eigenvalue weighted by atomic mass is 16.3. The lowest BCUT2D eigenvalue weighted by atomic mass is 10.1. The Morgan fingerprint density at radius 3 is 2.65 bits per heavy atom. The summed E-state index contributed by atoms with van der Waals surface area (Å²) in [4.78, 5) is 0. The monoisotopic (exact) mass is 232 g/mol. The Hall–Kier alpha value is -1.28. The molecule has 1 N–H and O–H groups in total. The van der Waals surface area contributed by atoms with Crippen molar-refractivity contribution in [1.82, 2.24) is 0 Å². The normalized spacial score (nSPS) is 28.9. The van der Waals surface area contributed by atoms with Crippen LogP contribution in [0, 0.1) is 0 Å². The standard InChI is InChI=1S/C15H21NO/c1-16(12-14-8-4-2-5-9-14)11-7-3-6-10-15(17)13-16/h2,4-5,8-9,13H,3,6-7,10-12H2,1H3/p+1/b15-13+. The minimum absolute atomic E-state index is 0.558. The highest BCUT2D eigenvalue weighted by Crippen LogP contribution is 2.21. The molecule has 1 heterocycles. The van der Waals surface area contributed by atoms with E-state index in [2.05, 4.69) is 31.3 Å². The summed E-state index contributed by atoms with van der Waals surface area (Å²) in [7, 11) is 2.20. The van der Waals surface area contributed by atoms with Crippen molar-refractivity contribution in [3.05, 3.63) is 47.9 Å². The third-order valence-electron chi connectivity index (χ3n) is 3.45. The summed E-state index contributed by atoms with van der Waals surface area (Å²) < 4.78 is 0.815. The second-order valence-electron chi connectivity index (χ2n) is 5.28. The van der Waals surface area contributed by atoms with Gasteiger partial charge >= 0.3 is 0 Å². The quantitative estimate of drug-likeness (QED) is 0.772. The van der Waals surface area contributed by atoms with E-state index in [9.17, 15) is 5.11 Å². The van der Waals surface area contributed by atoms with Gasteiger partial charge in [-0.2, -0.15) is 0 Å². The number of benzene rings is 1. The molecule has 0 saturated carbocycles. The van der Waals surface area contributed by atoms with Gasteiger partial charge in [0.25, 0.3) is 0 Å². The Labute approximate surface area is 104 Å². The summed E-state index contributed by atoms with van der Waals surface area (Å²) in [5.41, 5.74) is 1.33. The van der Waals surface area contributed by atoms with Gasteiger partial charge in [0.2, 0.25) is 0 Å². The number of aliphatic hydroxyl groups is 1. The molecule has 2 rings (SSSR count). The topological polar surface area (TPSA) is 20.2 Å². The Balaban J connectivity index is 2.15. The molecule has 0 radical (unpaired) electrons. The van der Waals surface area contributed by atoms with Crippen molar-refractivity contribution in [1.29, 1.82) is 0 Å².